The van der Waals surface area contributed by atoms with Gasteiger partial charge in [-0.15, -0.1) is 0 Å². The van der Waals surface area contributed by atoms with Crippen molar-refractivity contribution < 1.29 is 14.5 Å². The number of carbonyl (C=O) groups is 2. The summed E-state index contributed by atoms with van der Waals surface area (Å²) in [5.41, 5.74) is 3.46. The van der Waals surface area contributed by atoms with Crippen LogP contribution in [0.3, 0.4) is 0 Å². The largest absolute Gasteiger partial charge is 0.282 e. The molecule has 0 fully saturated rings. The van der Waals surface area contributed by atoms with Gasteiger partial charge in [-0.05, 0) is 6.07 Å². The van der Waals surface area contributed by atoms with Crippen LogP contribution in [-0.4, -0.2) is 17.2 Å². The summed E-state index contributed by atoms with van der Waals surface area (Å²) in [5.74, 6) is -0.741. The predicted molar refractivity (Wildman–Crippen MR) is 49.8 cm³/mol. The number of amides is 2. The van der Waals surface area contributed by atoms with E-state index >= 15 is 0 Å². The standard InChI is InChI=1S/C8H7N3O4/c12-5-9-10-8(13)6-3-1-2-4-7(6)11(14)15/h1-5H,(H,9,12)(H,10,13). The zero-order valence-corrected chi connectivity index (χ0v) is 7.47. The summed E-state index contributed by atoms with van der Waals surface area (Å²) in [7, 11) is 0. The molecule has 78 valence electrons. The third-order valence-corrected chi connectivity index (χ3v) is 1.59. The number of hydrogen-bond donors (Lipinski definition) is 2. The van der Waals surface area contributed by atoms with E-state index < -0.39 is 10.8 Å². The first-order valence-corrected chi connectivity index (χ1v) is 3.89. The fourth-order valence-electron chi connectivity index (χ4n) is 0.987. The minimum atomic E-state index is -0.741. The van der Waals surface area contributed by atoms with Gasteiger partial charge in [0.2, 0.25) is 6.41 Å². The Hall–Kier alpha value is -2.44. The normalized spacial score (nSPS) is 9.07. The minimum absolute atomic E-state index is 0.114. The molecule has 1 aromatic rings. The van der Waals surface area contributed by atoms with E-state index in [1.165, 1.54) is 24.3 Å². The molecule has 0 saturated heterocycles. The van der Waals surface area contributed by atoms with Crippen molar-refractivity contribution >= 4 is 18.0 Å². The molecule has 0 saturated carbocycles. The summed E-state index contributed by atoms with van der Waals surface area (Å²) < 4.78 is 0. The molecule has 7 nitrogen and oxygen atoms in total. The summed E-state index contributed by atoms with van der Waals surface area (Å²) >= 11 is 0. The van der Waals surface area contributed by atoms with E-state index in [9.17, 15) is 19.7 Å². The second kappa shape index (κ2) is 4.70. The maximum atomic E-state index is 11.3. The topological polar surface area (TPSA) is 101 Å². The number of nitro benzene ring substituents is 1. The summed E-state index contributed by atoms with van der Waals surface area (Å²) in [5, 5.41) is 10.5. The van der Waals surface area contributed by atoms with Crippen LogP contribution < -0.4 is 10.9 Å². The molecular weight excluding hydrogens is 202 g/mol. The van der Waals surface area contributed by atoms with Gasteiger partial charge in [0.15, 0.2) is 0 Å². The zero-order chi connectivity index (χ0) is 11.3. The molecule has 0 aromatic heterocycles. The SMILES string of the molecule is O=CNNC(=O)c1ccccc1[N+](=O)[O-]. The van der Waals surface area contributed by atoms with Crippen molar-refractivity contribution in [3.63, 3.8) is 0 Å². The molecule has 0 heterocycles. The molecule has 1 aromatic carbocycles. The van der Waals surface area contributed by atoms with Gasteiger partial charge in [0.05, 0.1) is 4.92 Å². The number of rotatable bonds is 4. The highest BCUT2D eigenvalue weighted by Crippen LogP contribution is 2.16. The lowest BCUT2D eigenvalue weighted by atomic mass is 10.2. The molecule has 0 radical (unpaired) electrons. The highest BCUT2D eigenvalue weighted by atomic mass is 16.6. The first kappa shape index (κ1) is 10.6. The fraction of sp³-hybridized carbons (Fsp3) is 0. The summed E-state index contributed by atoms with van der Waals surface area (Å²) in [6.07, 6.45) is 0.257. The number of carbonyl (C=O) groups excluding carboxylic acids is 2. The summed E-state index contributed by atoms with van der Waals surface area (Å²) in [6.45, 7) is 0. The van der Waals surface area contributed by atoms with Gasteiger partial charge in [0.1, 0.15) is 5.56 Å². The van der Waals surface area contributed by atoms with Crippen LogP contribution in [0.2, 0.25) is 0 Å². The van der Waals surface area contributed by atoms with E-state index in [1.807, 2.05) is 10.9 Å². The molecule has 7 heteroatoms. The van der Waals surface area contributed by atoms with E-state index in [4.69, 9.17) is 0 Å². The van der Waals surface area contributed by atoms with Crippen LogP contribution in [0.4, 0.5) is 5.69 Å². The van der Waals surface area contributed by atoms with Crippen molar-refractivity contribution in [3.05, 3.63) is 39.9 Å². The van der Waals surface area contributed by atoms with Crippen molar-refractivity contribution in [3.8, 4) is 0 Å². The first-order valence-electron chi connectivity index (χ1n) is 3.89. The third-order valence-electron chi connectivity index (χ3n) is 1.59. The van der Waals surface area contributed by atoms with Crippen LogP contribution in [-0.2, 0) is 4.79 Å². The summed E-state index contributed by atoms with van der Waals surface area (Å²) in [6, 6.07) is 5.43. The van der Waals surface area contributed by atoms with Crippen molar-refractivity contribution in [1.29, 1.82) is 0 Å². The maximum absolute atomic E-state index is 11.3. The lowest BCUT2D eigenvalue weighted by molar-refractivity contribution is -0.385. The highest BCUT2D eigenvalue weighted by Gasteiger charge is 2.18. The number of hydrazine groups is 1. The molecule has 15 heavy (non-hydrogen) atoms. The van der Waals surface area contributed by atoms with Crippen LogP contribution >= 0.6 is 0 Å². The first-order chi connectivity index (χ1) is 7.16. The monoisotopic (exact) mass is 209 g/mol. The Bertz CT molecular complexity index is 405. The second-order valence-corrected chi connectivity index (χ2v) is 2.49. The Morgan fingerprint density at radius 3 is 2.67 bits per heavy atom. The average Bonchev–Trinajstić information content (AvgIpc) is 2.25. The molecule has 2 amide bonds. The maximum Gasteiger partial charge on any atom is 0.282 e. The van der Waals surface area contributed by atoms with E-state index in [2.05, 4.69) is 0 Å². The summed E-state index contributed by atoms with van der Waals surface area (Å²) in [4.78, 5) is 31.1. The Balaban J connectivity index is 2.97. The van der Waals surface area contributed by atoms with Crippen LogP contribution in [0.15, 0.2) is 24.3 Å². The van der Waals surface area contributed by atoms with Gasteiger partial charge >= 0.3 is 0 Å². The van der Waals surface area contributed by atoms with Crippen LogP contribution in [0.5, 0.6) is 0 Å². The van der Waals surface area contributed by atoms with Gasteiger partial charge < -0.3 is 0 Å². The molecule has 0 aliphatic rings. The average molecular weight is 209 g/mol. The molecule has 0 aliphatic carbocycles. The van der Waals surface area contributed by atoms with E-state index in [1.54, 1.807) is 0 Å². The quantitative estimate of drug-likeness (QED) is 0.413. The highest BCUT2D eigenvalue weighted by molar-refractivity contribution is 5.98. The van der Waals surface area contributed by atoms with E-state index in [0.717, 1.165) is 0 Å². The Morgan fingerprint density at radius 1 is 1.40 bits per heavy atom. The van der Waals surface area contributed by atoms with Crippen molar-refractivity contribution in [1.82, 2.24) is 10.9 Å². The molecule has 0 aliphatic heterocycles. The molecule has 0 spiro atoms. The van der Waals surface area contributed by atoms with E-state index in [0.29, 0.717) is 0 Å². The number of benzene rings is 1. The van der Waals surface area contributed by atoms with Crippen molar-refractivity contribution in [2.24, 2.45) is 0 Å². The molecule has 0 bridgehead atoms. The van der Waals surface area contributed by atoms with Crippen LogP contribution in [0, 0.1) is 10.1 Å². The van der Waals surface area contributed by atoms with Gasteiger partial charge in [-0.25, -0.2) is 0 Å². The Morgan fingerprint density at radius 2 is 2.07 bits per heavy atom. The van der Waals surface area contributed by atoms with Gasteiger partial charge in [-0.3, -0.25) is 30.6 Å². The van der Waals surface area contributed by atoms with Gasteiger partial charge in [-0.2, -0.15) is 0 Å². The van der Waals surface area contributed by atoms with Gasteiger partial charge in [0.25, 0.3) is 11.6 Å². The van der Waals surface area contributed by atoms with Gasteiger partial charge in [-0.1, -0.05) is 12.1 Å². The van der Waals surface area contributed by atoms with E-state index in [-0.39, 0.29) is 17.7 Å². The third kappa shape index (κ3) is 2.50. The molecule has 1 rings (SSSR count). The predicted octanol–water partition coefficient (Wildman–Crippen LogP) is -0.0144. The smallest absolute Gasteiger partial charge is 0.277 e. The number of para-hydroxylation sites is 1. The Kier molecular flexibility index (Phi) is 3.33. The second-order valence-electron chi connectivity index (χ2n) is 2.49. The number of nitro groups is 1. The lowest BCUT2D eigenvalue weighted by Gasteiger charge is -2.02. The minimum Gasteiger partial charge on any atom is -0.277 e. The molecule has 0 unspecified atom stereocenters. The fourth-order valence-corrected chi connectivity index (χ4v) is 0.987. The Labute approximate surface area is 84.2 Å². The lowest BCUT2D eigenvalue weighted by Crippen LogP contribution is -2.36. The molecular formula is C8H7N3O4. The van der Waals surface area contributed by atoms with Gasteiger partial charge in [0, 0.05) is 6.07 Å². The molecule has 0 atom stereocenters. The van der Waals surface area contributed by atoms with Crippen molar-refractivity contribution in [2.45, 2.75) is 0 Å². The zero-order valence-electron chi connectivity index (χ0n) is 7.47. The number of hydrogen-bond acceptors (Lipinski definition) is 4. The van der Waals surface area contributed by atoms with Crippen LogP contribution in [0.25, 0.3) is 0 Å². The molecule has 2 N–H and O–H groups in total. The number of nitrogens with one attached hydrogen (secondary N) is 2. The van der Waals surface area contributed by atoms with Crippen molar-refractivity contribution in [2.75, 3.05) is 0 Å². The van der Waals surface area contributed by atoms with Crippen LogP contribution in [0.1, 0.15) is 10.4 Å². The number of nitrogens with zero attached hydrogens (tertiary/aromatic N) is 1.